The van der Waals surface area contributed by atoms with Crippen LogP contribution in [0.4, 0.5) is 0 Å². The number of ether oxygens (including phenoxy) is 1. The van der Waals surface area contributed by atoms with E-state index in [1.165, 1.54) is 347 Å². The average molecular weight is 1140 g/mol. The van der Waals surface area contributed by atoms with E-state index in [-0.39, 0.29) is 18.5 Å². The first-order valence-electron chi connectivity index (χ1n) is 37.1. The number of rotatable bonds is 70. The van der Waals surface area contributed by atoms with Gasteiger partial charge in [0.1, 0.15) is 0 Å². The first-order valence-corrected chi connectivity index (χ1v) is 37.1. The Kier molecular flexibility index (Phi) is 69.4. The van der Waals surface area contributed by atoms with E-state index in [2.05, 4.69) is 31.3 Å². The van der Waals surface area contributed by atoms with E-state index in [0.29, 0.717) is 19.4 Å². The highest BCUT2D eigenvalue weighted by molar-refractivity contribution is 5.76. The largest absolute Gasteiger partial charge is 0.466 e. The Morgan fingerprint density at radius 2 is 0.580 bits per heavy atom. The van der Waals surface area contributed by atoms with Gasteiger partial charge in [-0.15, -0.1) is 0 Å². The van der Waals surface area contributed by atoms with Crippen LogP contribution >= 0.6 is 0 Å². The van der Waals surface area contributed by atoms with E-state index < -0.39 is 12.1 Å². The summed E-state index contributed by atoms with van der Waals surface area (Å²) in [4.78, 5) is 24.6. The summed E-state index contributed by atoms with van der Waals surface area (Å²) in [6, 6.07) is -0.623. The molecule has 0 bridgehead atoms. The highest BCUT2D eigenvalue weighted by Crippen LogP contribution is 2.19. The number of esters is 1. The normalized spacial score (nSPS) is 12.6. The van der Waals surface area contributed by atoms with Gasteiger partial charge in [0.05, 0.1) is 25.4 Å². The van der Waals surface area contributed by atoms with Gasteiger partial charge in [-0.05, 0) is 57.8 Å². The van der Waals surface area contributed by atoms with Gasteiger partial charge in [-0.25, -0.2) is 0 Å². The van der Waals surface area contributed by atoms with Gasteiger partial charge in [-0.3, -0.25) is 9.59 Å². The molecule has 0 aromatic heterocycles. The third kappa shape index (κ3) is 67.3. The van der Waals surface area contributed by atoms with Crippen LogP contribution in [0.15, 0.2) is 24.3 Å². The van der Waals surface area contributed by atoms with E-state index in [1.54, 1.807) is 6.08 Å². The van der Waals surface area contributed by atoms with Crippen LogP contribution in [-0.2, 0) is 14.3 Å². The minimum Gasteiger partial charge on any atom is -0.466 e. The second kappa shape index (κ2) is 70.8. The molecule has 2 unspecified atom stereocenters. The van der Waals surface area contributed by atoms with Crippen molar-refractivity contribution in [3.8, 4) is 0 Å². The van der Waals surface area contributed by atoms with Crippen molar-refractivity contribution < 1.29 is 24.5 Å². The van der Waals surface area contributed by atoms with Gasteiger partial charge in [-0.2, -0.15) is 0 Å². The number of aliphatic hydroxyl groups is 2. The van der Waals surface area contributed by atoms with Crippen LogP contribution in [0.1, 0.15) is 418 Å². The predicted molar refractivity (Wildman–Crippen MR) is 356 cm³/mol. The number of hydrogen-bond donors (Lipinski definition) is 3. The summed E-state index contributed by atoms with van der Waals surface area (Å²) in [6.07, 6.45) is 90.0. The van der Waals surface area contributed by atoms with Crippen LogP contribution in [0.2, 0.25) is 0 Å². The molecule has 0 fully saturated rings. The lowest BCUT2D eigenvalue weighted by atomic mass is 10.0. The van der Waals surface area contributed by atoms with Crippen molar-refractivity contribution in [1.29, 1.82) is 0 Å². The Morgan fingerprint density at radius 1 is 0.333 bits per heavy atom. The molecule has 0 saturated heterocycles. The molecule has 81 heavy (non-hydrogen) atoms. The number of aliphatic hydroxyl groups excluding tert-OH is 2. The lowest BCUT2D eigenvalue weighted by Crippen LogP contribution is -2.45. The topological polar surface area (TPSA) is 95.9 Å². The van der Waals surface area contributed by atoms with Crippen molar-refractivity contribution in [2.45, 2.75) is 431 Å². The number of carbonyl (C=O) groups is 2. The molecule has 0 rings (SSSR count). The highest BCUT2D eigenvalue weighted by Gasteiger charge is 2.18. The molecule has 0 aromatic carbocycles. The summed E-state index contributed by atoms with van der Waals surface area (Å²) < 4.78 is 5.49. The first-order chi connectivity index (χ1) is 40.0. The molecule has 0 saturated carbocycles. The summed E-state index contributed by atoms with van der Waals surface area (Å²) in [6.45, 7) is 4.93. The summed E-state index contributed by atoms with van der Waals surface area (Å²) in [5.41, 5.74) is 0. The van der Waals surface area contributed by atoms with Crippen molar-refractivity contribution in [1.82, 2.24) is 5.32 Å². The van der Waals surface area contributed by atoms with E-state index in [9.17, 15) is 19.8 Å². The number of carbonyl (C=O) groups excluding carboxylic acids is 2. The fourth-order valence-electron chi connectivity index (χ4n) is 11.8. The molecular formula is C75H145NO5. The summed E-state index contributed by atoms with van der Waals surface area (Å²) in [5.74, 6) is -0.0455. The van der Waals surface area contributed by atoms with E-state index in [0.717, 1.165) is 44.9 Å². The molecule has 6 heteroatoms. The molecule has 0 aliphatic rings. The van der Waals surface area contributed by atoms with Crippen LogP contribution in [0.5, 0.6) is 0 Å². The van der Waals surface area contributed by atoms with Crippen LogP contribution in [0.25, 0.3) is 0 Å². The molecule has 1 amide bonds. The molecule has 0 aliphatic heterocycles. The quantitative estimate of drug-likeness (QED) is 0.0320. The molecular weight excluding hydrogens is 995 g/mol. The Balaban J connectivity index is 3.31. The first kappa shape index (κ1) is 79.3. The lowest BCUT2D eigenvalue weighted by Gasteiger charge is -2.20. The van der Waals surface area contributed by atoms with Gasteiger partial charge in [0.15, 0.2) is 0 Å². The molecule has 0 aromatic rings. The van der Waals surface area contributed by atoms with E-state index >= 15 is 0 Å². The van der Waals surface area contributed by atoms with Crippen LogP contribution in [-0.4, -0.2) is 47.4 Å². The summed E-state index contributed by atoms with van der Waals surface area (Å²) >= 11 is 0. The molecule has 0 spiro atoms. The molecule has 6 nitrogen and oxygen atoms in total. The number of allylic oxidation sites excluding steroid dienone is 3. The maximum absolute atomic E-state index is 12.5. The molecule has 0 radical (unpaired) electrons. The smallest absolute Gasteiger partial charge is 0.305 e. The number of hydrogen-bond acceptors (Lipinski definition) is 5. The van der Waals surface area contributed by atoms with Gasteiger partial charge in [0.2, 0.25) is 5.91 Å². The summed E-state index contributed by atoms with van der Waals surface area (Å²) in [7, 11) is 0. The number of unbranched alkanes of at least 4 members (excludes halogenated alkanes) is 57. The Labute approximate surface area is 507 Å². The monoisotopic (exact) mass is 1140 g/mol. The van der Waals surface area contributed by atoms with Crippen molar-refractivity contribution >= 4 is 11.9 Å². The minimum atomic E-state index is -0.840. The Bertz CT molecular complexity index is 1270. The van der Waals surface area contributed by atoms with Gasteiger partial charge in [-0.1, -0.05) is 372 Å². The molecule has 480 valence electrons. The maximum Gasteiger partial charge on any atom is 0.305 e. The van der Waals surface area contributed by atoms with Gasteiger partial charge < -0.3 is 20.3 Å². The second-order valence-corrected chi connectivity index (χ2v) is 25.6. The number of amides is 1. The standard InChI is InChI=1S/C75H145NO5/c1-3-5-7-9-11-13-15-17-40-43-47-51-55-59-63-67-73(78)72(71-77)76-74(79)68-64-60-56-52-48-44-41-38-36-34-32-30-28-26-24-22-20-19-21-23-25-27-29-31-33-35-37-39-42-46-50-54-58-62-66-70-81-75(80)69-65-61-57-53-49-45-18-16-14-12-10-8-6-4-2/h16,18,63,67,72-73,77-78H,3-15,17,19-62,64-66,68-71H2,1-2H3,(H,76,79)/b18-16-,67-63+. The molecule has 0 heterocycles. The van der Waals surface area contributed by atoms with E-state index in [1.807, 2.05) is 6.08 Å². The fourth-order valence-corrected chi connectivity index (χ4v) is 11.8. The predicted octanol–water partition coefficient (Wildman–Crippen LogP) is 24.1. The van der Waals surface area contributed by atoms with Crippen molar-refractivity contribution in [2.24, 2.45) is 0 Å². The summed E-state index contributed by atoms with van der Waals surface area (Å²) in [5, 5.41) is 23.2. The van der Waals surface area contributed by atoms with Crippen molar-refractivity contribution in [3.05, 3.63) is 24.3 Å². The lowest BCUT2D eigenvalue weighted by molar-refractivity contribution is -0.143. The molecule has 0 aliphatic carbocycles. The van der Waals surface area contributed by atoms with Crippen LogP contribution in [0.3, 0.4) is 0 Å². The Hall–Kier alpha value is -1.66. The SMILES string of the molecule is CCCCCCC/C=C\CCCCCCCC(=O)OCCCCCCCCCCCCCCCCCCCCCCCCCCCCCCCCCCCCCC(=O)NC(CO)C(O)/C=C/CCCCCCCCCCCCCCC. The zero-order valence-electron chi connectivity index (χ0n) is 55.0. The fraction of sp³-hybridized carbons (Fsp3) is 0.920. The van der Waals surface area contributed by atoms with Crippen molar-refractivity contribution in [3.63, 3.8) is 0 Å². The Morgan fingerprint density at radius 3 is 0.877 bits per heavy atom. The van der Waals surface area contributed by atoms with Crippen LogP contribution in [0, 0.1) is 0 Å². The zero-order chi connectivity index (χ0) is 58.5. The average Bonchev–Trinajstić information content (AvgIpc) is 3.47. The third-order valence-electron chi connectivity index (χ3n) is 17.5. The zero-order valence-corrected chi connectivity index (χ0v) is 55.0. The highest BCUT2D eigenvalue weighted by atomic mass is 16.5. The van der Waals surface area contributed by atoms with Crippen LogP contribution < -0.4 is 5.32 Å². The maximum atomic E-state index is 12.5. The minimum absolute atomic E-state index is 0.0144. The van der Waals surface area contributed by atoms with E-state index in [4.69, 9.17) is 4.74 Å². The second-order valence-electron chi connectivity index (χ2n) is 25.6. The molecule has 2 atom stereocenters. The van der Waals surface area contributed by atoms with Gasteiger partial charge >= 0.3 is 5.97 Å². The number of nitrogens with one attached hydrogen (secondary N) is 1. The van der Waals surface area contributed by atoms with Gasteiger partial charge in [0, 0.05) is 12.8 Å². The van der Waals surface area contributed by atoms with Gasteiger partial charge in [0.25, 0.3) is 0 Å². The third-order valence-corrected chi connectivity index (χ3v) is 17.5. The molecule has 3 N–H and O–H groups in total. The van der Waals surface area contributed by atoms with Crippen molar-refractivity contribution in [2.75, 3.05) is 13.2 Å².